The number of benzene rings is 2. The maximum atomic E-state index is 12.3. The summed E-state index contributed by atoms with van der Waals surface area (Å²) in [7, 11) is 1.62. The molecule has 6 nitrogen and oxygen atoms in total. The molecular weight excluding hydrogens is 320 g/mol. The van der Waals surface area contributed by atoms with Crippen LogP contribution in [-0.4, -0.2) is 18.9 Å². The maximum Gasteiger partial charge on any atom is 0.305 e. The van der Waals surface area contributed by atoms with Crippen molar-refractivity contribution < 1.29 is 18.7 Å². The standard InChI is InChI=1S/C19H18N2O4/c1-12(18(22)20-21-19(23)17-4-3-9-25-17)13-5-6-15-11-16(24-2)8-7-14(15)10-13/h3-12H,1-2H3,(H,20,22)(H,21,23)/t12-/m0/s1. The number of methoxy groups -OCH3 is 1. The Morgan fingerprint density at radius 2 is 1.80 bits per heavy atom. The zero-order valence-corrected chi connectivity index (χ0v) is 13.9. The summed E-state index contributed by atoms with van der Waals surface area (Å²) in [6.45, 7) is 1.78. The number of ether oxygens (including phenoxy) is 1. The molecular formula is C19H18N2O4. The minimum Gasteiger partial charge on any atom is -0.497 e. The number of carbonyl (C=O) groups is 2. The van der Waals surface area contributed by atoms with Crippen molar-refractivity contribution in [2.24, 2.45) is 0 Å². The highest BCUT2D eigenvalue weighted by Gasteiger charge is 2.17. The average molecular weight is 338 g/mol. The fourth-order valence-electron chi connectivity index (χ4n) is 2.49. The van der Waals surface area contributed by atoms with Gasteiger partial charge in [-0.05, 0) is 47.5 Å². The van der Waals surface area contributed by atoms with Crippen molar-refractivity contribution in [3.63, 3.8) is 0 Å². The number of hydrazine groups is 1. The molecule has 0 fully saturated rings. The van der Waals surface area contributed by atoms with Gasteiger partial charge in [-0.2, -0.15) is 0 Å². The molecule has 0 radical (unpaired) electrons. The smallest absolute Gasteiger partial charge is 0.305 e. The molecule has 25 heavy (non-hydrogen) atoms. The lowest BCUT2D eigenvalue weighted by Crippen LogP contribution is -2.43. The molecule has 3 rings (SSSR count). The highest BCUT2D eigenvalue weighted by Crippen LogP contribution is 2.25. The van der Waals surface area contributed by atoms with Crippen molar-refractivity contribution in [1.82, 2.24) is 10.9 Å². The van der Waals surface area contributed by atoms with Gasteiger partial charge in [0.1, 0.15) is 5.75 Å². The van der Waals surface area contributed by atoms with Crippen LogP contribution in [0.2, 0.25) is 0 Å². The van der Waals surface area contributed by atoms with Gasteiger partial charge in [0.05, 0.1) is 19.3 Å². The summed E-state index contributed by atoms with van der Waals surface area (Å²) in [5.74, 6) is -0.327. The third-order valence-electron chi connectivity index (χ3n) is 4.01. The third kappa shape index (κ3) is 3.63. The van der Waals surface area contributed by atoms with E-state index in [0.717, 1.165) is 22.1 Å². The van der Waals surface area contributed by atoms with Gasteiger partial charge >= 0.3 is 5.91 Å². The summed E-state index contributed by atoms with van der Waals surface area (Å²) >= 11 is 0. The maximum absolute atomic E-state index is 12.3. The molecule has 1 atom stereocenters. The van der Waals surface area contributed by atoms with Crippen LogP contribution in [0.1, 0.15) is 29.0 Å². The molecule has 6 heteroatoms. The van der Waals surface area contributed by atoms with Crippen LogP contribution >= 0.6 is 0 Å². The van der Waals surface area contributed by atoms with Crippen molar-refractivity contribution in [3.8, 4) is 5.75 Å². The van der Waals surface area contributed by atoms with Crippen LogP contribution in [0.4, 0.5) is 0 Å². The Morgan fingerprint density at radius 1 is 1.04 bits per heavy atom. The number of hydrogen-bond acceptors (Lipinski definition) is 4. The molecule has 0 aliphatic carbocycles. The van der Waals surface area contributed by atoms with Gasteiger partial charge in [-0.1, -0.05) is 24.3 Å². The van der Waals surface area contributed by atoms with E-state index in [4.69, 9.17) is 9.15 Å². The summed E-state index contributed by atoms with van der Waals surface area (Å²) in [5, 5.41) is 2.04. The number of hydrogen-bond donors (Lipinski definition) is 2. The highest BCUT2D eigenvalue weighted by molar-refractivity contribution is 5.94. The van der Waals surface area contributed by atoms with Gasteiger partial charge in [0.2, 0.25) is 5.91 Å². The first kappa shape index (κ1) is 16.6. The SMILES string of the molecule is COc1ccc2cc([C@H](C)C(=O)NNC(=O)c3ccco3)ccc2c1. The molecule has 0 bridgehead atoms. The molecule has 2 aromatic carbocycles. The monoisotopic (exact) mass is 338 g/mol. The Bertz CT molecular complexity index is 903. The van der Waals surface area contributed by atoms with Crippen molar-refractivity contribution in [1.29, 1.82) is 0 Å². The molecule has 0 saturated carbocycles. The minimum atomic E-state index is -0.504. The Hall–Kier alpha value is -3.28. The second kappa shape index (κ2) is 7.09. The van der Waals surface area contributed by atoms with Crippen LogP contribution in [0.3, 0.4) is 0 Å². The van der Waals surface area contributed by atoms with Crippen LogP contribution in [0.25, 0.3) is 10.8 Å². The summed E-state index contributed by atoms with van der Waals surface area (Å²) in [6, 6.07) is 14.7. The van der Waals surface area contributed by atoms with E-state index in [1.807, 2.05) is 36.4 Å². The quantitative estimate of drug-likeness (QED) is 0.717. The Morgan fingerprint density at radius 3 is 2.52 bits per heavy atom. The topological polar surface area (TPSA) is 80.6 Å². The van der Waals surface area contributed by atoms with Crippen LogP contribution in [0, 0.1) is 0 Å². The van der Waals surface area contributed by atoms with E-state index in [2.05, 4.69) is 10.9 Å². The van der Waals surface area contributed by atoms with Crippen molar-refractivity contribution >= 4 is 22.6 Å². The summed E-state index contributed by atoms with van der Waals surface area (Å²) in [5.41, 5.74) is 5.61. The second-order valence-electron chi connectivity index (χ2n) is 5.61. The molecule has 1 heterocycles. The van der Waals surface area contributed by atoms with Crippen LogP contribution in [-0.2, 0) is 4.79 Å². The first-order valence-electron chi connectivity index (χ1n) is 7.80. The lowest BCUT2D eigenvalue weighted by molar-refractivity contribution is -0.123. The third-order valence-corrected chi connectivity index (χ3v) is 4.01. The molecule has 2 N–H and O–H groups in total. The molecule has 128 valence electrons. The van der Waals surface area contributed by atoms with Gasteiger partial charge in [0.25, 0.3) is 0 Å². The van der Waals surface area contributed by atoms with Crippen molar-refractivity contribution in [2.75, 3.05) is 7.11 Å². The number of carbonyl (C=O) groups excluding carboxylic acids is 2. The van der Waals surface area contributed by atoms with Gasteiger partial charge < -0.3 is 9.15 Å². The summed E-state index contributed by atoms with van der Waals surface area (Å²) in [6.07, 6.45) is 1.39. The van der Waals surface area contributed by atoms with Gasteiger partial charge in [-0.25, -0.2) is 0 Å². The zero-order valence-electron chi connectivity index (χ0n) is 13.9. The van der Waals surface area contributed by atoms with Gasteiger partial charge in [0.15, 0.2) is 5.76 Å². The first-order valence-corrected chi connectivity index (χ1v) is 7.80. The van der Waals surface area contributed by atoms with Crippen molar-refractivity contribution in [3.05, 3.63) is 66.1 Å². The Labute approximate surface area is 144 Å². The molecule has 0 aliphatic rings. The number of fused-ring (bicyclic) bond motifs is 1. The Kier molecular flexibility index (Phi) is 4.70. The number of rotatable bonds is 4. The molecule has 2 amide bonds. The fourth-order valence-corrected chi connectivity index (χ4v) is 2.49. The van der Waals surface area contributed by atoms with Crippen molar-refractivity contribution in [2.45, 2.75) is 12.8 Å². The fraction of sp³-hybridized carbons (Fsp3) is 0.158. The number of amides is 2. The van der Waals surface area contributed by atoms with E-state index in [-0.39, 0.29) is 11.7 Å². The van der Waals surface area contributed by atoms with E-state index in [1.165, 1.54) is 12.3 Å². The van der Waals surface area contributed by atoms with Crippen LogP contribution < -0.4 is 15.6 Å². The molecule has 0 saturated heterocycles. The van der Waals surface area contributed by atoms with Crippen LogP contribution in [0.15, 0.2) is 59.2 Å². The second-order valence-corrected chi connectivity index (χ2v) is 5.61. The predicted octanol–water partition coefficient (Wildman–Crippen LogP) is 3.01. The predicted molar refractivity (Wildman–Crippen MR) is 93.2 cm³/mol. The molecule has 0 unspecified atom stereocenters. The van der Waals surface area contributed by atoms with Gasteiger partial charge in [0, 0.05) is 0 Å². The lowest BCUT2D eigenvalue weighted by Gasteiger charge is -2.14. The minimum absolute atomic E-state index is 0.132. The van der Waals surface area contributed by atoms with E-state index in [1.54, 1.807) is 20.1 Å². The zero-order chi connectivity index (χ0) is 17.8. The first-order chi connectivity index (χ1) is 12.1. The number of furan rings is 1. The van der Waals surface area contributed by atoms with E-state index < -0.39 is 11.8 Å². The summed E-state index contributed by atoms with van der Waals surface area (Å²) < 4.78 is 10.2. The van der Waals surface area contributed by atoms with E-state index in [9.17, 15) is 9.59 Å². The van der Waals surface area contributed by atoms with E-state index in [0.29, 0.717) is 0 Å². The summed E-state index contributed by atoms with van der Waals surface area (Å²) in [4.78, 5) is 24.1. The Balaban J connectivity index is 1.69. The molecule has 1 aromatic heterocycles. The van der Waals surface area contributed by atoms with Gasteiger partial charge in [-0.15, -0.1) is 0 Å². The van der Waals surface area contributed by atoms with E-state index >= 15 is 0 Å². The molecule has 3 aromatic rings. The normalized spacial score (nSPS) is 11.8. The number of nitrogens with one attached hydrogen (secondary N) is 2. The molecule has 0 aliphatic heterocycles. The van der Waals surface area contributed by atoms with Crippen LogP contribution in [0.5, 0.6) is 5.75 Å². The van der Waals surface area contributed by atoms with Gasteiger partial charge in [-0.3, -0.25) is 20.4 Å². The lowest BCUT2D eigenvalue weighted by atomic mass is 9.97. The largest absolute Gasteiger partial charge is 0.497 e. The molecule has 0 spiro atoms. The highest BCUT2D eigenvalue weighted by atomic mass is 16.5. The average Bonchev–Trinajstić information content (AvgIpc) is 3.19.